The summed E-state index contributed by atoms with van der Waals surface area (Å²) in [5.41, 5.74) is 5.34. The van der Waals surface area contributed by atoms with Gasteiger partial charge < -0.3 is 21.0 Å². The lowest BCUT2D eigenvalue weighted by Gasteiger charge is -2.24. The number of nitrogens with two attached hydrogens (primary N) is 1. The van der Waals surface area contributed by atoms with Gasteiger partial charge in [-0.2, -0.15) is 0 Å². The Morgan fingerprint density at radius 1 is 1.55 bits per heavy atom. The van der Waals surface area contributed by atoms with Crippen LogP contribution in [-0.2, 0) is 4.57 Å². The molecule has 0 radical (unpaired) electrons. The molecule has 0 fully saturated rings. The predicted octanol–water partition coefficient (Wildman–Crippen LogP) is -0.186. The fourth-order valence-electron chi connectivity index (χ4n) is 0.652. The van der Waals surface area contributed by atoms with Gasteiger partial charge in [-0.15, -0.1) is 0 Å². The Balaban J connectivity index is 0. The molecule has 70 valence electrons. The van der Waals surface area contributed by atoms with E-state index in [0.717, 1.165) is 0 Å². The van der Waals surface area contributed by atoms with Crippen LogP contribution in [0.5, 0.6) is 0 Å². The fourth-order valence-corrected chi connectivity index (χ4v) is 1.17. The largest absolute Gasteiger partial charge is 0.412 e. The maximum atomic E-state index is 10.6. The lowest BCUT2D eigenvalue weighted by atomic mass is 10.2. The first-order chi connectivity index (χ1) is 4.31. The molecule has 0 heterocycles. The first-order valence-electron chi connectivity index (χ1n) is 3.16. The summed E-state index contributed by atoms with van der Waals surface area (Å²) in [4.78, 5) is 17.3. The lowest BCUT2D eigenvalue weighted by molar-refractivity contribution is 0.324. The minimum Gasteiger partial charge on any atom is -0.412 e. The van der Waals surface area contributed by atoms with Crippen LogP contribution in [0.25, 0.3) is 0 Å². The van der Waals surface area contributed by atoms with Crippen molar-refractivity contribution in [2.75, 3.05) is 0 Å². The molecule has 1 unspecified atom stereocenters. The van der Waals surface area contributed by atoms with Crippen LogP contribution in [0.1, 0.15) is 26.7 Å². The van der Waals surface area contributed by atoms with Crippen LogP contribution >= 0.6 is 7.60 Å². The van der Waals surface area contributed by atoms with Gasteiger partial charge >= 0.3 is 7.60 Å². The third kappa shape index (κ3) is 3.84. The zero-order valence-electron chi connectivity index (χ0n) is 6.74. The van der Waals surface area contributed by atoms with Gasteiger partial charge in [-0.1, -0.05) is 13.3 Å². The topological polar surface area (TPSA) is 115 Å². The molecule has 0 aromatic heterocycles. The van der Waals surface area contributed by atoms with E-state index in [9.17, 15) is 4.57 Å². The van der Waals surface area contributed by atoms with Crippen molar-refractivity contribution in [3.8, 4) is 0 Å². The highest BCUT2D eigenvalue weighted by atomic mass is 31.2. The molecule has 6 heteroatoms. The van der Waals surface area contributed by atoms with Crippen molar-refractivity contribution in [3.63, 3.8) is 0 Å². The van der Waals surface area contributed by atoms with Gasteiger partial charge in [0.1, 0.15) is 5.28 Å². The Kier molecular flexibility index (Phi) is 5.19. The van der Waals surface area contributed by atoms with Crippen LogP contribution in [-0.4, -0.2) is 20.5 Å². The van der Waals surface area contributed by atoms with Gasteiger partial charge in [-0.3, -0.25) is 4.57 Å². The Morgan fingerprint density at radius 2 is 1.91 bits per heavy atom. The Hall–Kier alpha value is 0.0700. The maximum Gasteiger partial charge on any atom is 0.344 e. The van der Waals surface area contributed by atoms with Gasteiger partial charge in [-0.25, -0.2) is 0 Å². The second-order valence-corrected chi connectivity index (χ2v) is 4.76. The maximum absolute atomic E-state index is 10.6. The first kappa shape index (κ1) is 13.6. The Bertz CT molecular complexity index is 153. The minimum absolute atomic E-state index is 0. The summed E-state index contributed by atoms with van der Waals surface area (Å²) < 4.78 is 10.6. The average Bonchev–Trinajstić information content (AvgIpc) is 1.61. The summed E-state index contributed by atoms with van der Waals surface area (Å²) >= 11 is 0. The van der Waals surface area contributed by atoms with Gasteiger partial charge in [0.05, 0.1) is 0 Å². The van der Waals surface area contributed by atoms with Crippen LogP contribution in [0.2, 0.25) is 0 Å². The van der Waals surface area contributed by atoms with E-state index < -0.39 is 12.9 Å². The van der Waals surface area contributed by atoms with Crippen LogP contribution in [0.3, 0.4) is 0 Å². The molecular weight excluding hydrogens is 169 g/mol. The summed E-state index contributed by atoms with van der Waals surface area (Å²) in [5, 5.41) is -1.35. The van der Waals surface area contributed by atoms with Crippen molar-refractivity contribution in [3.05, 3.63) is 0 Å². The summed E-state index contributed by atoms with van der Waals surface area (Å²) in [5.74, 6) is 0. The third-order valence-corrected chi connectivity index (χ3v) is 2.98. The van der Waals surface area contributed by atoms with Crippen LogP contribution < -0.4 is 5.73 Å². The smallest absolute Gasteiger partial charge is 0.344 e. The molecule has 0 aliphatic carbocycles. The van der Waals surface area contributed by atoms with E-state index in [1.165, 1.54) is 6.92 Å². The molecule has 0 saturated carbocycles. The Labute approximate surface area is 66.1 Å². The molecule has 0 aromatic carbocycles. The Morgan fingerprint density at radius 3 is 2.00 bits per heavy atom. The van der Waals surface area contributed by atoms with E-state index in [1.54, 1.807) is 0 Å². The van der Waals surface area contributed by atoms with E-state index in [1.807, 2.05) is 6.92 Å². The molecule has 0 aromatic rings. The molecule has 0 bridgehead atoms. The van der Waals surface area contributed by atoms with E-state index in [-0.39, 0.29) is 5.48 Å². The standard InChI is InChI=1S/C5H14NO3P.H2O/c1-3-4-5(2,6)10(7,8)9;/h3-4,6H2,1-2H3,(H2,7,8,9);1H2. The van der Waals surface area contributed by atoms with Crippen molar-refractivity contribution >= 4 is 7.60 Å². The molecule has 11 heavy (non-hydrogen) atoms. The highest BCUT2D eigenvalue weighted by Crippen LogP contribution is 2.48. The zero-order chi connectivity index (χ0) is 8.41. The molecule has 0 aliphatic rings. The van der Waals surface area contributed by atoms with Crippen LogP contribution in [0.4, 0.5) is 0 Å². The van der Waals surface area contributed by atoms with E-state index >= 15 is 0 Å². The summed E-state index contributed by atoms with van der Waals surface area (Å²) in [6, 6.07) is 0. The minimum atomic E-state index is -4.11. The van der Waals surface area contributed by atoms with Crippen molar-refractivity contribution in [2.45, 2.75) is 32.0 Å². The highest BCUT2D eigenvalue weighted by Gasteiger charge is 2.37. The zero-order valence-corrected chi connectivity index (χ0v) is 7.64. The SMILES string of the molecule is CCCC(C)(N)P(=O)(O)O.O. The fraction of sp³-hybridized carbons (Fsp3) is 1.00. The third-order valence-electron chi connectivity index (χ3n) is 1.42. The number of hydrogen-bond donors (Lipinski definition) is 3. The summed E-state index contributed by atoms with van der Waals surface area (Å²) in [7, 11) is -4.11. The average molecular weight is 185 g/mol. The second kappa shape index (κ2) is 4.18. The summed E-state index contributed by atoms with van der Waals surface area (Å²) in [6.07, 6.45) is 1.02. The molecule has 0 amide bonds. The van der Waals surface area contributed by atoms with Crippen molar-refractivity contribution in [1.82, 2.24) is 0 Å². The number of hydrogen-bond acceptors (Lipinski definition) is 2. The van der Waals surface area contributed by atoms with E-state index in [2.05, 4.69) is 0 Å². The quantitative estimate of drug-likeness (QED) is 0.528. The van der Waals surface area contributed by atoms with Crippen LogP contribution in [0.15, 0.2) is 0 Å². The van der Waals surface area contributed by atoms with Gasteiger partial charge in [0.15, 0.2) is 0 Å². The first-order valence-corrected chi connectivity index (χ1v) is 4.77. The molecule has 6 N–H and O–H groups in total. The normalized spacial score (nSPS) is 16.8. The lowest BCUT2D eigenvalue weighted by Crippen LogP contribution is -2.35. The molecule has 1 atom stereocenters. The van der Waals surface area contributed by atoms with Crippen LogP contribution in [0, 0.1) is 0 Å². The molecular formula is C5H16NO4P. The monoisotopic (exact) mass is 185 g/mol. The summed E-state index contributed by atoms with van der Waals surface area (Å²) in [6.45, 7) is 3.21. The van der Waals surface area contributed by atoms with Gasteiger partial charge in [-0.05, 0) is 13.3 Å². The highest BCUT2D eigenvalue weighted by molar-refractivity contribution is 7.53. The van der Waals surface area contributed by atoms with E-state index in [0.29, 0.717) is 12.8 Å². The number of rotatable bonds is 3. The van der Waals surface area contributed by atoms with Gasteiger partial charge in [0, 0.05) is 0 Å². The molecule has 0 rings (SSSR count). The molecule has 5 nitrogen and oxygen atoms in total. The van der Waals surface area contributed by atoms with Crippen molar-refractivity contribution in [2.24, 2.45) is 5.73 Å². The van der Waals surface area contributed by atoms with Crippen molar-refractivity contribution < 1.29 is 19.8 Å². The van der Waals surface area contributed by atoms with Crippen molar-refractivity contribution in [1.29, 1.82) is 0 Å². The molecule has 0 aliphatic heterocycles. The van der Waals surface area contributed by atoms with Gasteiger partial charge in [0.25, 0.3) is 0 Å². The molecule has 0 saturated heterocycles. The predicted molar refractivity (Wildman–Crippen MR) is 43.2 cm³/mol. The van der Waals surface area contributed by atoms with E-state index in [4.69, 9.17) is 15.5 Å². The van der Waals surface area contributed by atoms with Gasteiger partial charge in [0.2, 0.25) is 0 Å². The molecule has 0 spiro atoms. The second-order valence-electron chi connectivity index (χ2n) is 2.65.